The maximum atomic E-state index is 6.00. The molecule has 146 valence electrons. The molecule has 1 heterocycles. The highest BCUT2D eigenvalue weighted by Gasteiger charge is 2.24. The Balaban J connectivity index is 1.43. The molecule has 2 nitrogen and oxygen atoms in total. The molecule has 0 radical (unpaired) electrons. The predicted molar refractivity (Wildman–Crippen MR) is 109 cm³/mol. The first-order valence-electron chi connectivity index (χ1n) is 11.1. The van der Waals surface area contributed by atoms with Gasteiger partial charge in [-0.05, 0) is 55.1 Å². The van der Waals surface area contributed by atoms with Crippen molar-refractivity contribution < 1.29 is 9.47 Å². The largest absolute Gasteiger partial charge is 0.373 e. The van der Waals surface area contributed by atoms with Crippen molar-refractivity contribution in [3.8, 4) is 0 Å². The molecule has 0 spiro atoms. The Bertz CT molecular complexity index is 493. The van der Waals surface area contributed by atoms with Crippen LogP contribution in [0.5, 0.6) is 0 Å². The summed E-state index contributed by atoms with van der Waals surface area (Å²) in [5, 5.41) is 0. The van der Waals surface area contributed by atoms with Gasteiger partial charge in [0.2, 0.25) is 0 Å². The van der Waals surface area contributed by atoms with Gasteiger partial charge in [0, 0.05) is 0 Å². The van der Waals surface area contributed by atoms with E-state index < -0.39 is 0 Å². The van der Waals surface area contributed by atoms with Crippen molar-refractivity contribution in [2.75, 3.05) is 13.2 Å². The minimum atomic E-state index is 0.116. The summed E-state index contributed by atoms with van der Waals surface area (Å²) in [6.45, 7) is 5.88. The van der Waals surface area contributed by atoms with Crippen LogP contribution in [0.4, 0.5) is 0 Å². The summed E-state index contributed by atoms with van der Waals surface area (Å²) in [6.07, 6.45) is 14.1. The molecule has 0 amide bonds. The molecule has 0 unspecified atom stereocenters. The molecule has 1 aliphatic heterocycles. The lowest BCUT2D eigenvalue weighted by Gasteiger charge is -2.30. The van der Waals surface area contributed by atoms with E-state index in [2.05, 4.69) is 38.1 Å². The van der Waals surface area contributed by atoms with Gasteiger partial charge in [0.05, 0.1) is 19.3 Å². The van der Waals surface area contributed by atoms with Crippen molar-refractivity contribution in [3.05, 3.63) is 35.4 Å². The number of hydrogen-bond acceptors (Lipinski definition) is 2. The Labute approximate surface area is 160 Å². The molecular formula is C24H38O2. The van der Waals surface area contributed by atoms with Gasteiger partial charge in [-0.3, -0.25) is 0 Å². The van der Waals surface area contributed by atoms with Gasteiger partial charge in [-0.15, -0.1) is 0 Å². The molecule has 1 saturated heterocycles. The molecule has 3 rings (SSSR count). The van der Waals surface area contributed by atoms with Crippen molar-refractivity contribution in [3.63, 3.8) is 0 Å². The van der Waals surface area contributed by atoms with Crippen LogP contribution in [0.25, 0.3) is 0 Å². The van der Waals surface area contributed by atoms with Gasteiger partial charge in [-0.1, -0.05) is 70.2 Å². The van der Waals surface area contributed by atoms with Crippen LogP contribution < -0.4 is 0 Å². The molecule has 1 aliphatic carbocycles. The third-order valence-corrected chi connectivity index (χ3v) is 6.51. The highest BCUT2D eigenvalue weighted by atomic mass is 16.6. The van der Waals surface area contributed by atoms with Crippen molar-refractivity contribution in [1.82, 2.24) is 0 Å². The van der Waals surface area contributed by atoms with Crippen LogP contribution in [0.15, 0.2) is 24.3 Å². The van der Waals surface area contributed by atoms with Crippen molar-refractivity contribution >= 4 is 0 Å². The minimum absolute atomic E-state index is 0.116. The molecule has 2 atom stereocenters. The lowest BCUT2D eigenvalue weighted by Crippen LogP contribution is -2.30. The molecule has 0 N–H and O–H groups in total. The number of hydrogen-bond donors (Lipinski definition) is 0. The first-order valence-corrected chi connectivity index (χ1v) is 11.1. The lowest BCUT2D eigenvalue weighted by atomic mass is 9.77. The van der Waals surface area contributed by atoms with Gasteiger partial charge < -0.3 is 9.47 Å². The molecule has 2 heteroatoms. The summed E-state index contributed by atoms with van der Waals surface area (Å²) in [5.74, 6) is 1.76. The van der Waals surface area contributed by atoms with Gasteiger partial charge in [-0.25, -0.2) is 0 Å². The standard InChI is InChI=1S/C24H38O2/c1-3-5-6-7-8-19-9-11-20(12-10-19)21-13-15-22(16-14-21)24-18-25-23(4-2)17-26-24/h13-16,19-20,23-24H,3-12,17-18H2,1-2H3/t19?,20?,23-,24-/m0/s1. The molecular weight excluding hydrogens is 320 g/mol. The maximum Gasteiger partial charge on any atom is 0.106 e. The van der Waals surface area contributed by atoms with E-state index in [-0.39, 0.29) is 12.2 Å². The van der Waals surface area contributed by atoms with Crippen LogP contribution in [0.2, 0.25) is 0 Å². The van der Waals surface area contributed by atoms with Crippen LogP contribution in [0.3, 0.4) is 0 Å². The summed E-state index contributed by atoms with van der Waals surface area (Å²) in [7, 11) is 0. The molecule has 2 aliphatic rings. The van der Waals surface area contributed by atoms with Crippen LogP contribution >= 0.6 is 0 Å². The first kappa shape index (κ1) is 19.9. The van der Waals surface area contributed by atoms with E-state index >= 15 is 0 Å². The summed E-state index contributed by atoms with van der Waals surface area (Å²) >= 11 is 0. The topological polar surface area (TPSA) is 18.5 Å². The SMILES string of the molecule is CCCCCCC1CCC(c2ccc([C@@H]3CO[C@@H](CC)CO3)cc2)CC1. The maximum absolute atomic E-state index is 6.00. The van der Waals surface area contributed by atoms with Crippen molar-refractivity contribution in [1.29, 1.82) is 0 Å². The molecule has 1 saturated carbocycles. The summed E-state index contributed by atoms with van der Waals surface area (Å²) < 4.78 is 11.9. The first-order chi connectivity index (χ1) is 12.8. The second kappa shape index (κ2) is 10.5. The molecule has 2 fully saturated rings. The zero-order chi connectivity index (χ0) is 18.2. The van der Waals surface area contributed by atoms with E-state index in [1.54, 1.807) is 0 Å². The summed E-state index contributed by atoms with van der Waals surface area (Å²) in [5.41, 5.74) is 2.80. The van der Waals surface area contributed by atoms with Crippen LogP contribution in [0, 0.1) is 5.92 Å². The number of rotatable bonds is 8. The third kappa shape index (κ3) is 5.57. The van der Waals surface area contributed by atoms with Crippen molar-refractivity contribution in [2.45, 2.75) is 96.2 Å². The Kier molecular flexibility index (Phi) is 8.01. The zero-order valence-electron chi connectivity index (χ0n) is 16.9. The Hall–Kier alpha value is -0.860. The Morgan fingerprint density at radius 1 is 0.808 bits per heavy atom. The molecule has 26 heavy (non-hydrogen) atoms. The van der Waals surface area contributed by atoms with Crippen LogP contribution in [0.1, 0.15) is 101 Å². The zero-order valence-corrected chi connectivity index (χ0v) is 16.9. The van der Waals surface area contributed by atoms with Crippen molar-refractivity contribution in [2.24, 2.45) is 5.92 Å². The molecule has 1 aromatic rings. The Morgan fingerprint density at radius 2 is 1.54 bits per heavy atom. The summed E-state index contributed by atoms with van der Waals surface area (Å²) in [6, 6.07) is 9.23. The fourth-order valence-corrected chi connectivity index (χ4v) is 4.60. The fraction of sp³-hybridized carbons (Fsp3) is 0.750. The summed E-state index contributed by atoms with van der Waals surface area (Å²) in [4.78, 5) is 0. The molecule has 1 aromatic carbocycles. The van der Waals surface area contributed by atoms with Gasteiger partial charge in [-0.2, -0.15) is 0 Å². The smallest absolute Gasteiger partial charge is 0.106 e. The Morgan fingerprint density at radius 3 is 2.15 bits per heavy atom. The monoisotopic (exact) mass is 358 g/mol. The van der Waals surface area contributed by atoms with Crippen LogP contribution in [-0.2, 0) is 9.47 Å². The van der Waals surface area contributed by atoms with Gasteiger partial charge in [0.25, 0.3) is 0 Å². The second-order valence-corrected chi connectivity index (χ2v) is 8.42. The van der Waals surface area contributed by atoms with E-state index in [9.17, 15) is 0 Å². The molecule has 0 bridgehead atoms. The van der Waals surface area contributed by atoms with Gasteiger partial charge in [0.1, 0.15) is 6.10 Å². The number of benzene rings is 1. The average molecular weight is 359 g/mol. The lowest BCUT2D eigenvalue weighted by molar-refractivity contribution is -0.135. The van der Waals surface area contributed by atoms with Gasteiger partial charge in [0.15, 0.2) is 0 Å². The molecule has 0 aromatic heterocycles. The average Bonchev–Trinajstić information content (AvgIpc) is 2.72. The number of ether oxygens (including phenoxy) is 2. The van der Waals surface area contributed by atoms with E-state index in [0.29, 0.717) is 6.61 Å². The second-order valence-electron chi connectivity index (χ2n) is 8.42. The minimum Gasteiger partial charge on any atom is -0.373 e. The van der Waals surface area contributed by atoms with E-state index in [4.69, 9.17) is 9.47 Å². The van der Waals surface area contributed by atoms with E-state index in [1.807, 2.05) is 0 Å². The highest BCUT2D eigenvalue weighted by molar-refractivity contribution is 5.27. The highest BCUT2D eigenvalue weighted by Crippen LogP contribution is 2.38. The normalized spacial score (nSPS) is 29.6. The number of unbranched alkanes of at least 4 members (excludes halogenated alkanes) is 3. The van der Waals surface area contributed by atoms with E-state index in [0.717, 1.165) is 24.9 Å². The third-order valence-electron chi connectivity index (χ3n) is 6.51. The van der Waals surface area contributed by atoms with Gasteiger partial charge >= 0.3 is 0 Å². The van der Waals surface area contributed by atoms with E-state index in [1.165, 1.54) is 68.9 Å². The fourth-order valence-electron chi connectivity index (χ4n) is 4.60. The van der Waals surface area contributed by atoms with Crippen LogP contribution in [-0.4, -0.2) is 19.3 Å². The predicted octanol–water partition coefficient (Wildman–Crippen LogP) is 6.80. The quantitative estimate of drug-likeness (QED) is 0.476.